The van der Waals surface area contributed by atoms with Crippen molar-refractivity contribution in [3.05, 3.63) is 75.3 Å². The number of nitrogens with zero attached hydrogens (tertiary/aromatic N) is 2. The summed E-state index contributed by atoms with van der Waals surface area (Å²) in [4.78, 5) is 108. The molecule has 4 heterocycles. The van der Waals surface area contributed by atoms with Gasteiger partial charge in [0, 0.05) is 39.2 Å². The van der Waals surface area contributed by atoms with Crippen molar-refractivity contribution < 1.29 is 91.0 Å². The SMILES string of the molecule is C=CC[C@H]1C(=O)C(C)(C)[C@@H](OC(=O)OCc2ccc(O[C@@H]3O[C@H](C(=O)OC)[C@@H](OC(C)=O)[C@H](OC(C)=O)[C@H]3OC(C)=O)c([N+](=O)[O-])c2)CC(=O)O[C@H](c2ccc3sc(C)nc3c2)CC2O[C@]2(C)CCC[C@H](C)[C@@H]1O. The number of benzene rings is 2. The van der Waals surface area contributed by atoms with E-state index in [9.17, 15) is 48.8 Å². The average Bonchev–Trinajstić information content (AvgIpc) is 3.80. The molecule has 402 valence electrons. The van der Waals surface area contributed by atoms with E-state index in [-0.39, 0.29) is 24.0 Å². The number of nitro groups is 1. The van der Waals surface area contributed by atoms with Crippen LogP contribution in [0.5, 0.6) is 5.75 Å². The molecule has 3 saturated heterocycles. The van der Waals surface area contributed by atoms with Gasteiger partial charge in [0.1, 0.15) is 24.6 Å². The van der Waals surface area contributed by atoms with E-state index in [1.165, 1.54) is 37.3 Å². The van der Waals surface area contributed by atoms with Crippen molar-refractivity contribution in [1.29, 1.82) is 0 Å². The first kappa shape index (κ1) is 56.7. The van der Waals surface area contributed by atoms with Gasteiger partial charge in [-0.15, -0.1) is 17.9 Å². The van der Waals surface area contributed by atoms with Crippen LogP contribution in [0.1, 0.15) is 109 Å². The van der Waals surface area contributed by atoms with E-state index in [0.29, 0.717) is 31.2 Å². The first-order valence-corrected chi connectivity index (χ1v) is 24.8. The van der Waals surface area contributed by atoms with E-state index in [0.717, 1.165) is 55.2 Å². The van der Waals surface area contributed by atoms with E-state index < -0.39 is 137 Å². The fourth-order valence-electron chi connectivity index (χ4n) is 9.36. The molecule has 1 N–H and O–H groups in total. The van der Waals surface area contributed by atoms with Gasteiger partial charge in [0.25, 0.3) is 0 Å². The number of carbonyl (C=O) groups is 7. The van der Waals surface area contributed by atoms with Crippen LogP contribution in [0, 0.1) is 34.3 Å². The molecule has 2 aromatic carbocycles. The van der Waals surface area contributed by atoms with Gasteiger partial charge in [-0.05, 0) is 82.2 Å². The number of hydrogen-bond donors (Lipinski definition) is 1. The Labute approximate surface area is 430 Å². The number of rotatable bonds is 13. The molecule has 23 heteroatoms. The van der Waals surface area contributed by atoms with Crippen molar-refractivity contribution >= 4 is 69.0 Å². The largest absolute Gasteiger partial charge is 0.508 e. The van der Waals surface area contributed by atoms with Crippen molar-refractivity contribution in [2.75, 3.05) is 7.11 Å². The van der Waals surface area contributed by atoms with Gasteiger partial charge < -0.3 is 52.5 Å². The average molecular weight is 1060 g/mol. The van der Waals surface area contributed by atoms with E-state index in [1.54, 1.807) is 0 Å². The van der Waals surface area contributed by atoms with Crippen LogP contribution in [0.4, 0.5) is 10.5 Å². The third kappa shape index (κ3) is 13.6. The Morgan fingerprint density at radius 2 is 1.65 bits per heavy atom. The summed E-state index contributed by atoms with van der Waals surface area (Å²) < 4.78 is 56.9. The molecule has 3 fully saturated rings. The van der Waals surface area contributed by atoms with Gasteiger partial charge in [-0.25, -0.2) is 14.6 Å². The summed E-state index contributed by atoms with van der Waals surface area (Å²) in [5.41, 5.74) is -1.54. The highest BCUT2D eigenvalue weighted by atomic mass is 32.1. The fourth-order valence-corrected chi connectivity index (χ4v) is 10.2. The first-order valence-electron chi connectivity index (χ1n) is 24.0. The predicted octanol–water partition coefficient (Wildman–Crippen LogP) is 6.80. The quantitative estimate of drug-likeness (QED) is 0.0460. The van der Waals surface area contributed by atoms with Crippen LogP contribution in [0.3, 0.4) is 0 Å². The Bertz CT molecular complexity index is 2630. The van der Waals surface area contributed by atoms with Gasteiger partial charge in [-0.1, -0.05) is 31.6 Å². The minimum atomic E-state index is -1.93. The van der Waals surface area contributed by atoms with Gasteiger partial charge >= 0.3 is 41.7 Å². The number of esters is 5. The first-order chi connectivity index (χ1) is 34.8. The molecule has 3 aromatic rings. The predicted molar refractivity (Wildman–Crippen MR) is 258 cm³/mol. The van der Waals surface area contributed by atoms with E-state index in [2.05, 4.69) is 11.6 Å². The number of nitro benzene ring substituents is 1. The van der Waals surface area contributed by atoms with Crippen LogP contribution in [-0.4, -0.2) is 119 Å². The maximum atomic E-state index is 14.7. The number of fused-ring (bicyclic) bond motifs is 2. The van der Waals surface area contributed by atoms with Gasteiger partial charge in [0.2, 0.25) is 12.4 Å². The molecule has 0 spiro atoms. The smallest absolute Gasteiger partial charge is 0.467 e. The molecule has 3 aliphatic heterocycles. The lowest BCUT2D eigenvalue weighted by atomic mass is 9.71. The number of thiazole rings is 1. The van der Waals surface area contributed by atoms with Crippen LogP contribution in [0.15, 0.2) is 49.1 Å². The summed E-state index contributed by atoms with van der Waals surface area (Å²) in [7, 11) is 0.984. The summed E-state index contributed by atoms with van der Waals surface area (Å²) in [5.74, 6) is -7.24. The molecule has 1 aromatic heterocycles. The van der Waals surface area contributed by atoms with E-state index >= 15 is 0 Å². The lowest BCUT2D eigenvalue weighted by Crippen LogP contribution is -2.64. The number of aromatic nitrogens is 1. The topological polar surface area (TPSA) is 291 Å². The summed E-state index contributed by atoms with van der Waals surface area (Å²) in [6, 6.07) is 8.90. The van der Waals surface area contributed by atoms with Crippen molar-refractivity contribution in [2.24, 2.45) is 17.3 Å². The lowest BCUT2D eigenvalue weighted by Gasteiger charge is -2.42. The third-order valence-electron chi connectivity index (χ3n) is 13.4. The Morgan fingerprint density at radius 3 is 2.30 bits per heavy atom. The zero-order chi connectivity index (χ0) is 54.4. The molecule has 3 aliphatic rings. The Hall–Kier alpha value is -6.56. The van der Waals surface area contributed by atoms with Crippen LogP contribution in [0.2, 0.25) is 0 Å². The second kappa shape index (κ2) is 23.8. The number of ketones is 1. The molecule has 0 amide bonds. The summed E-state index contributed by atoms with van der Waals surface area (Å²) in [6.45, 7) is 14.8. The van der Waals surface area contributed by atoms with Crippen molar-refractivity contribution in [1.82, 2.24) is 4.98 Å². The zero-order valence-electron chi connectivity index (χ0n) is 42.6. The Morgan fingerprint density at radius 1 is 0.973 bits per heavy atom. The van der Waals surface area contributed by atoms with Crippen molar-refractivity contribution in [3.63, 3.8) is 0 Å². The summed E-state index contributed by atoms with van der Waals surface area (Å²) in [5, 5.41) is 25.1. The van der Waals surface area contributed by atoms with Crippen LogP contribution in [0.25, 0.3) is 10.2 Å². The Kier molecular flexibility index (Phi) is 18.2. The highest BCUT2D eigenvalue weighted by Crippen LogP contribution is 2.47. The molecular weight excluding hydrogens is 993 g/mol. The van der Waals surface area contributed by atoms with Crippen molar-refractivity contribution in [2.45, 2.75) is 161 Å². The van der Waals surface area contributed by atoms with Crippen molar-refractivity contribution in [3.8, 4) is 5.75 Å². The van der Waals surface area contributed by atoms with E-state index in [4.69, 9.17) is 47.4 Å². The number of allylic oxidation sites excluding steroid dienone is 1. The number of aryl methyl sites for hydroxylation is 1. The summed E-state index contributed by atoms with van der Waals surface area (Å²) in [6.07, 6.45) is -11.0. The monoisotopic (exact) mass is 1050 g/mol. The number of methoxy groups -OCH3 is 1. The number of aliphatic hydroxyl groups is 1. The van der Waals surface area contributed by atoms with Crippen LogP contribution in [-0.2, 0) is 78.0 Å². The summed E-state index contributed by atoms with van der Waals surface area (Å²) >= 11 is 1.52. The number of epoxide rings is 1. The molecular formula is C51H62N2O20S. The zero-order valence-corrected chi connectivity index (χ0v) is 43.4. The highest BCUT2D eigenvalue weighted by molar-refractivity contribution is 7.18. The van der Waals surface area contributed by atoms with E-state index in [1.807, 2.05) is 39.0 Å². The Balaban J connectivity index is 1.26. The van der Waals surface area contributed by atoms with Gasteiger partial charge in [-0.3, -0.25) is 34.1 Å². The standard InChI is InChI=1S/C51H62N2O20S/c1-11-13-32-41(58)25(2)14-12-19-51(9)39(73-51)22-36(31-16-18-37-33(21-31)52-26(3)74-37)69-40(57)23-38(50(7,8)46(32)59)71-49(61)65-24-30-15-17-35(34(20-30)53(62)63)70-48-45(68-29(6)56)43(67-28(5)55)42(66-27(4)54)44(72-48)47(60)64-10/h11,15-18,20-21,25,32,36,38-39,41-45,48,58H,1,12-14,19,22-24H2,2-10H3/t25-,32+,36-,38-,39?,41-,42-,43-,44-,45+,48+,51+/m0/s1. The second-order valence-corrected chi connectivity index (χ2v) is 20.6. The third-order valence-corrected chi connectivity index (χ3v) is 14.3. The molecule has 22 nitrogen and oxygen atoms in total. The molecule has 0 radical (unpaired) electrons. The molecule has 1 unspecified atom stereocenters. The molecule has 0 saturated carbocycles. The number of ether oxygens (including phenoxy) is 10. The maximum Gasteiger partial charge on any atom is 0.508 e. The van der Waals surface area contributed by atoms with Crippen LogP contribution >= 0.6 is 11.3 Å². The molecule has 12 atom stereocenters. The van der Waals surface area contributed by atoms with Gasteiger partial charge in [0.05, 0.1) is 56.9 Å². The number of aliphatic hydroxyl groups excluding tert-OH is 1. The van der Waals surface area contributed by atoms with Gasteiger partial charge in [0.15, 0.2) is 24.1 Å². The second-order valence-electron chi connectivity index (χ2n) is 19.4. The minimum Gasteiger partial charge on any atom is -0.467 e. The molecule has 0 bridgehead atoms. The number of hydrogen-bond acceptors (Lipinski definition) is 22. The van der Waals surface area contributed by atoms with Crippen LogP contribution < -0.4 is 4.74 Å². The number of carbonyl (C=O) groups excluding carboxylic acids is 7. The number of cyclic esters (lactones) is 1. The fraction of sp³-hybridized carbons (Fsp3) is 0.569. The minimum absolute atomic E-state index is 0.00236. The highest BCUT2D eigenvalue weighted by Gasteiger charge is 2.57. The molecule has 74 heavy (non-hydrogen) atoms. The van der Waals surface area contributed by atoms with Gasteiger partial charge in [-0.2, -0.15) is 0 Å². The molecule has 6 rings (SSSR count). The molecule has 0 aliphatic carbocycles. The maximum absolute atomic E-state index is 14.7. The lowest BCUT2D eigenvalue weighted by molar-refractivity contribution is -0.387. The number of Topliss-reactive ketones (excluding diaryl/α,β-unsaturated/α-hetero) is 1. The normalized spacial score (nSPS) is 29.3.